The van der Waals surface area contributed by atoms with Crippen LogP contribution in [0.15, 0.2) is 23.3 Å². The number of hydrogen-bond acceptors (Lipinski definition) is 3. The Bertz CT molecular complexity index is 183. The second kappa shape index (κ2) is 2.59. The average molecular weight is 144 g/mol. The summed E-state index contributed by atoms with van der Waals surface area (Å²) < 4.78 is 4.63. The Labute approximate surface area is 56.2 Å². The molecule has 0 saturated heterocycles. The van der Waals surface area contributed by atoms with Gasteiger partial charge in [-0.25, -0.2) is 4.79 Å². The number of allylic oxidation sites excluding steroid dienone is 2. The summed E-state index contributed by atoms with van der Waals surface area (Å²) in [5.41, 5.74) is 0. The Morgan fingerprint density at radius 3 is 2.89 bits per heavy atom. The average Bonchev–Trinajstić information content (AvgIpc) is 1.90. The maximum atomic E-state index is 10.1. The van der Waals surface area contributed by atoms with Gasteiger partial charge in [0.25, 0.3) is 0 Å². The van der Waals surface area contributed by atoms with Crippen molar-refractivity contribution >= 4 is 18.0 Å². The SMILES string of the molecule is O=C(O)C1=CC=CSO1. The highest BCUT2D eigenvalue weighted by atomic mass is 32.2. The number of aliphatic carboxylic acids is 1. The summed E-state index contributed by atoms with van der Waals surface area (Å²) in [7, 11) is 0. The summed E-state index contributed by atoms with van der Waals surface area (Å²) in [6, 6.07) is 0. The fourth-order valence-electron chi connectivity index (χ4n) is 0.373. The van der Waals surface area contributed by atoms with Gasteiger partial charge in [-0.2, -0.15) is 0 Å². The highest BCUT2D eigenvalue weighted by Crippen LogP contribution is 2.16. The van der Waals surface area contributed by atoms with Gasteiger partial charge in [0.1, 0.15) is 0 Å². The minimum Gasteiger partial charge on any atom is -0.475 e. The quantitative estimate of drug-likeness (QED) is 0.561. The van der Waals surface area contributed by atoms with Gasteiger partial charge in [-0.15, -0.1) is 0 Å². The monoisotopic (exact) mass is 144 g/mol. The van der Waals surface area contributed by atoms with E-state index in [4.69, 9.17) is 5.11 Å². The lowest BCUT2D eigenvalue weighted by Gasteiger charge is -2.02. The molecule has 1 rings (SSSR count). The molecule has 0 amide bonds. The first-order valence-corrected chi connectivity index (χ1v) is 3.04. The summed E-state index contributed by atoms with van der Waals surface area (Å²) in [5.74, 6) is -1.06. The van der Waals surface area contributed by atoms with E-state index in [0.717, 1.165) is 12.0 Å². The molecule has 0 bridgehead atoms. The topological polar surface area (TPSA) is 46.5 Å². The minimum absolute atomic E-state index is 0.0255. The Hall–Kier alpha value is -0.900. The third-order valence-corrected chi connectivity index (χ3v) is 1.27. The molecule has 0 fully saturated rings. The predicted molar refractivity (Wildman–Crippen MR) is 33.5 cm³/mol. The summed E-state index contributed by atoms with van der Waals surface area (Å²) in [5, 5.41) is 9.96. The molecule has 0 aromatic rings. The van der Waals surface area contributed by atoms with Crippen LogP contribution in [0.5, 0.6) is 0 Å². The lowest BCUT2D eigenvalue weighted by atomic mass is 10.4. The Balaban J connectivity index is 2.68. The third kappa shape index (κ3) is 1.50. The van der Waals surface area contributed by atoms with Gasteiger partial charge in [-0.05, 0) is 12.2 Å². The van der Waals surface area contributed by atoms with Gasteiger partial charge in [0.05, 0.1) is 12.0 Å². The molecule has 1 heterocycles. The maximum Gasteiger partial charge on any atom is 0.372 e. The molecule has 0 aromatic heterocycles. The molecule has 0 aromatic carbocycles. The largest absolute Gasteiger partial charge is 0.475 e. The number of rotatable bonds is 1. The van der Waals surface area contributed by atoms with Crippen molar-refractivity contribution in [3.05, 3.63) is 23.3 Å². The van der Waals surface area contributed by atoms with Crippen LogP contribution in [0.25, 0.3) is 0 Å². The van der Waals surface area contributed by atoms with E-state index in [9.17, 15) is 4.79 Å². The summed E-state index contributed by atoms with van der Waals surface area (Å²) in [4.78, 5) is 10.1. The van der Waals surface area contributed by atoms with Crippen LogP contribution in [-0.2, 0) is 8.98 Å². The van der Waals surface area contributed by atoms with Gasteiger partial charge < -0.3 is 9.29 Å². The number of carboxylic acids is 1. The highest BCUT2D eigenvalue weighted by Gasteiger charge is 2.08. The number of hydrogen-bond donors (Lipinski definition) is 1. The van der Waals surface area contributed by atoms with Crippen LogP contribution in [0, 0.1) is 0 Å². The van der Waals surface area contributed by atoms with Gasteiger partial charge in [0.2, 0.25) is 5.76 Å². The fourth-order valence-corrected chi connectivity index (χ4v) is 0.802. The predicted octanol–water partition coefficient (Wildman–Crippen LogP) is 1.15. The zero-order chi connectivity index (χ0) is 6.69. The second-order valence-electron chi connectivity index (χ2n) is 1.34. The molecular formula is C5H4O3S. The van der Waals surface area contributed by atoms with Crippen molar-refractivity contribution in [1.82, 2.24) is 0 Å². The van der Waals surface area contributed by atoms with Crippen LogP contribution >= 0.6 is 12.0 Å². The molecule has 4 heteroatoms. The van der Waals surface area contributed by atoms with Gasteiger partial charge in [0.15, 0.2) is 0 Å². The summed E-state index contributed by atoms with van der Waals surface area (Å²) >= 11 is 1.00. The Kier molecular flexibility index (Phi) is 1.79. The molecular weight excluding hydrogens is 140 g/mol. The molecule has 0 unspecified atom stereocenters. The fraction of sp³-hybridized carbons (Fsp3) is 0. The molecule has 0 radical (unpaired) electrons. The highest BCUT2D eigenvalue weighted by molar-refractivity contribution is 7.97. The second-order valence-corrected chi connectivity index (χ2v) is 1.98. The van der Waals surface area contributed by atoms with Crippen molar-refractivity contribution in [2.45, 2.75) is 0 Å². The van der Waals surface area contributed by atoms with Crippen LogP contribution in [0.3, 0.4) is 0 Å². The zero-order valence-corrected chi connectivity index (χ0v) is 5.22. The van der Waals surface area contributed by atoms with Gasteiger partial charge in [-0.1, -0.05) is 0 Å². The van der Waals surface area contributed by atoms with E-state index in [1.807, 2.05) is 0 Å². The van der Waals surface area contributed by atoms with E-state index < -0.39 is 5.97 Å². The number of carbonyl (C=O) groups is 1. The first kappa shape index (κ1) is 6.22. The van der Waals surface area contributed by atoms with E-state index in [-0.39, 0.29) is 5.76 Å². The van der Waals surface area contributed by atoms with E-state index in [2.05, 4.69) is 4.18 Å². The van der Waals surface area contributed by atoms with Crippen molar-refractivity contribution in [1.29, 1.82) is 0 Å². The zero-order valence-electron chi connectivity index (χ0n) is 4.40. The standard InChI is InChI=1S/C5H4O3S/c6-5(7)4-2-1-3-9-8-4/h1-3H,(H,6,7). The van der Waals surface area contributed by atoms with Crippen molar-refractivity contribution in [3.63, 3.8) is 0 Å². The van der Waals surface area contributed by atoms with Gasteiger partial charge >= 0.3 is 5.97 Å². The lowest BCUT2D eigenvalue weighted by molar-refractivity contribution is -0.134. The Morgan fingerprint density at radius 2 is 2.56 bits per heavy atom. The summed E-state index contributed by atoms with van der Waals surface area (Å²) in [6.07, 6.45) is 3.02. The van der Waals surface area contributed by atoms with Gasteiger partial charge in [-0.3, -0.25) is 0 Å². The maximum absolute atomic E-state index is 10.1. The molecule has 3 nitrogen and oxygen atoms in total. The molecule has 0 atom stereocenters. The Morgan fingerprint density at radius 1 is 1.78 bits per heavy atom. The molecule has 0 saturated carbocycles. The summed E-state index contributed by atoms with van der Waals surface area (Å²) in [6.45, 7) is 0. The molecule has 1 aliphatic rings. The van der Waals surface area contributed by atoms with E-state index in [1.54, 1.807) is 11.5 Å². The van der Waals surface area contributed by atoms with Crippen molar-refractivity contribution in [2.24, 2.45) is 0 Å². The number of carboxylic acid groups (broad SMARTS) is 1. The van der Waals surface area contributed by atoms with Crippen LogP contribution in [-0.4, -0.2) is 11.1 Å². The van der Waals surface area contributed by atoms with Crippen LogP contribution in [0.4, 0.5) is 0 Å². The lowest BCUT2D eigenvalue weighted by Crippen LogP contribution is -2.01. The molecule has 1 N–H and O–H groups in total. The molecule has 1 aliphatic heterocycles. The molecule has 9 heavy (non-hydrogen) atoms. The van der Waals surface area contributed by atoms with E-state index >= 15 is 0 Å². The van der Waals surface area contributed by atoms with Gasteiger partial charge in [0, 0.05) is 5.41 Å². The molecule has 0 spiro atoms. The van der Waals surface area contributed by atoms with Crippen LogP contribution < -0.4 is 0 Å². The molecule has 48 valence electrons. The van der Waals surface area contributed by atoms with Crippen LogP contribution in [0.2, 0.25) is 0 Å². The van der Waals surface area contributed by atoms with Crippen molar-refractivity contribution < 1.29 is 14.1 Å². The smallest absolute Gasteiger partial charge is 0.372 e. The minimum atomic E-state index is -1.04. The van der Waals surface area contributed by atoms with Crippen molar-refractivity contribution in [3.8, 4) is 0 Å². The van der Waals surface area contributed by atoms with Crippen LogP contribution in [0.1, 0.15) is 0 Å². The van der Waals surface area contributed by atoms with E-state index in [1.165, 1.54) is 6.08 Å². The van der Waals surface area contributed by atoms with Crippen molar-refractivity contribution in [2.75, 3.05) is 0 Å². The first-order chi connectivity index (χ1) is 4.30. The molecule has 0 aliphatic carbocycles. The first-order valence-electron chi connectivity index (χ1n) is 2.24. The van der Waals surface area contributed by atoms with E-state index in [0.29, 0.717) is 0 Å². The normalized spacial score (nSPS) is 16.2. The third-order valence-electron chi connectivity index (χ3n) is 0.730.